The van der Waals surface area contributed by atoms with Crippen LogP contribution >= 0.6 is 23.1 Å². The Morgan fingerprint density at radius 2 is 2.10 bits per heavy atom. The van der Waals surface area contributed by atoms with Gasteiger partial charge in [0.15, 0.2) is 5.16 Å². The number of thioether (sulfide) groups is 1. The topological polar surface area (TPSA) is 67.2 Å². The van der Waals surface area contributed by atoms with Crippen molar-refractivity contribution in [3.63, 3.8) is 0 Å². The van der Waals surface area contributed by atoms with E-state index < -0.39 is 0 Å². The van der Waals surface area contributed by atoms with E-state index in [1.807, 2.05) is 32.5 Å². The fourth-order valence-corrected chi connectivity index (χ4v) is 5.92. The highest BCUT2D eigenvalue weighted by Crippen LogP contribution is 2.35. The van der Waals surface area contributed by atoms with E-state index in [2.05, 4.69) is 10.2 Å². The molecule has 0 saturated heterocycles. The molecule has 0 bridgehead atoms. The van der Waals surface area contributed by atoms with Crippen molar-refractivity contribution in [3.05, 3.63) is 20.8 Å². The van der Waals surface area contributed by atoms with Crippen molar-refractivity contribution in [2.45, 2.75) is 69.3 Å². The van der Waals surface area contributed by atoms with Crippen LogP contribution in [0.5, 0.6) is 0 Å². The lowest BCUT2D eigenvalue weighted by atomic mass is 9.97. The summed E-state index contributed by atoms with van der Waals surface area (Å²) in [5.41, 5.74) is 1.29. The minimum Gasteiger partial charge on any atom is -0.355 e. The summed E-state index contributed by atoms with van der Waals surface area (Å²) in [5, 5.41) is 4.14. The zero-order chi connectivity index (χ0) is 21.0. The number of carbonyl (C=O) groups is 1. The molecule has 8 heteroatoms. The molecule has 2 aromatic heterocycles. The SMILES string of the molecule is CCCNC(=O)C(C)Sc1nc2sc3c(c2c(=O)n1CCCN(C)C)CCCC3. The van der Waals surface area contributed by atoms with Crippen LogP contribution in [0.4, 0.5) is 0 Å². The summed E-state index contributed by atoms with van der Waals surface area (Å²) in [6.45, 7) is 6.12. The second-order valence-electron chi connectivity index (χ2n) is 7.95. The third-order valence-electron chi connectivity index (χ3n) is 5.23. The normalized spacial score (nSPS) is 14.9. The first kappa shape index (κ1) is 22.3. The van der Waals surface area contributed by atoms with E-state index in [0.29, 0.717) is 18.2 Å². The van der Waals surface area contributed by atoms with E-state index >= 15 is 0 Å². The first-order valence-electron chi connectivity index (χ1n) is 10.6. The van der Waals surface area contributed by atoms with Crippen LogP contribution in [0.1, 0.15) is 50.0 Å². The molecule has 0 aliphatic heterocycles. The zero-order valence-corrected chi connectivity index (χ0v) is 19.5. The number of aromatic nitrogens is 2. The molecule has 6 nitrogen and oxygen atoms in total. The molecule has 160 valence electrons. The Bertz CT molecular complexity index is 920. The molecule has 29 heavy (non-hydrogen) atoms. The predicted octanol–water partition coefficient (Wildman–Crippen LogP) is 3.30. The lowest BCUT2D eigenvalue weighted by Crippen LogP contribution is -2.32. The predicted molar refractivity (Wildman–Crippen MR) is 122 cm³/mol. The quantitative estimate of drug-likeness (QED) is 0.483. The van der Waals surface area contributed by atoms with Crippen LogP contribution in [-0.4, -0.2) is 52.8 Å². The number of amides is 1. The summed E-state index contributed by atoms with van der Waals surface area (Å²) >= 11 is 3.06. The monoisotopic (exact) mass is 436 g/mol. The number of nitrogens with zero attached hydrogens (tertiary/aromatic N) is 3. The lowest BCUT2D eigenvalue weighted by Gasteiger charge is -2.17. The molecule has 0 fully saturated rings. The Balaban J connectivity index is 1.97. The van der Waals surface area contributed by atoms with Gasteiger partial charge in [-0.25, -0.2) is 4.98 Å². The first-order valence-corrected chi connectivity index (χ1v) is 12.3. The van der Waals surface area contributed by atoms with Crippen LogP contribution in [0.2, 0.25) is 0 Å². The van der Waals surface area contributed by atoms with E-state index in [1.54, 1.807) is 11.3 Å². The molecule has 1 atom stereocenters. The fraction of sp³-hybridized carbons (Fsp3) is 0.667. The summed E-state index contributed by atoms with van der Waals surface area (Å²) in [4.78, 5) is 35.0. The summed E-state index contributed by atoms with van der Waals surface area (Å²) in [6, 6.07) is 0. The van der Waals surface area contributed by atoms with E-state index in [9.17, 15) is 9.59 Å². The van der Waals surface area contributed by atoms with Gasteiger partial charge in [-0.3, -0.25) is 14.2 Å². The molecule has 1 aliphatic carbocycles. The molecule has 0 aromatic carbocycles. The van der Waals surface area contributed by atoms with Crippen molar-refractivity contribution in [1.29, 1.82) is 0 Å². The minimum atomic E-state index is -0.291. The summed E-state index contributed by atoms with van der Waals surface area (Å²) in [6.07, 6.45) is 6.14. The van der Waals surface area contributed by atoms with Crippen LogP contribution in [0.3, 0.4) is 0 Å². The Kier molecular flexibility index (Phi) is 7.76. The molecule has 1 amide bonds. The van der Waals surface area contributed by atoms with E-state index in [-0.39, 0.29) is 16.7 Å². The highest BCUT2D eigenvalue weighted by molar-refractivity contribution is 8.00. The van der Waals surface area contributed by atoms with Gasteiger partial charge in [0.05, 0.1) is 10.6 Å². The van der Waals surface area contributed by atoms with Crippen molar-refractivity contribution in [3.8, 4) is 0 Å². The van der Waals surface area contributed by atoms with Crippen molar-refractivity contribution in [2.24, 2.45) is 0 Å². The fourth-order valence-electron chi connectivity index (χ4n) is 3.66. The standard InChI is InChI=1S/C21H32N4O2S2/c1-5-11-22-18(26)14(2)28-21-23-19-17(15-9-6-7-10-16(15)29-19)20(27)25(21)13-8-12-24(3)4/h14H,5-13H2,1-4H3,(H,22,26). The van der Waals surface area contributed by atoms with Gasteiger partial charge in [0, 0.05) is 18.0 Å². The van der Waals surface area contributed by atoms with E-state index in [0.717, 1.165) is 48.9 Å². The van der Waals surface area contributed by atoms with Gasteiger partial charge in [-0.2, -0.15) is 0 Å². The molecule has 0 saturated carbocycles. The molecule has 2 heterocycles. The highest BCUT2D eigenvalue weighted by Gasteiger charge is 2.24. The molecule has 1 aliphatic rings. The van der Waals surface area contributed by atoms with Crippen LogP contribution < -0.4 is 10.9 Å². The van der Waals surface area contributed by atoms with Gasteiger partial charge in [0.25, 0.3) is 5.56 Å². The number of thiophene rings is 1. The van der Waals surface area contributed by atoms with Crippen LogP contribution in [0.25, 0.3) is 10.2 Å². The van der Waals surface area contributed by atoms with Gasteiger partial charge in [0.2, 0.25) is 5.91 Å². The summed E-state index contributed by atoms with van der Waals surface area (Å²) in [7, 11) is 4.07. The van der Waals surface area contributed by atoms with Gasteiger partial charge in [-0.1, -0.05) is 18.7 Å². The van der Waals surface area contributed by atoms with Gasteiger partial charge in [-0.05, 0) is 71.7 Å². The third kappa shape index (κ3) is 5.22. The molecule has 0 spiro atoms. The number of aryl methyl sites for hydroxylation is 2. The van der Waals surface area contributed by atoms with Gasteiger partial charge in [0.1, 0.15) is 4.83 Å². The van der Waals surface area contributed by atoms with Crippen LogP contribution in [0, 0.1) is 0 Å². The van der Waals surface area contributed by atoms with Crippen LogP contribution in [0.15, 0.2) is 9.95 Å². The average Bonchev–Trinajstić information content (AvgIpc) is 3.06. The molecule has 0 radical (unpaired) electrons. The van der Waals surface area contributed by atoms with Crippen LogP contribution in [-0.2, 0) is 24.2 Å². The number of carbonyl (C=O) groups excluding carboxylic acids is 1. The lowest BCUT2D eigenvalue weighted by molar-refractivity contribution is -0.120. The van der Waals surface area contributed by atoms with Crippen molar-refractivity contribution >= 4 is 39.2 Å². The Morgan fingerprint density at radius 1 is 1.34 bits per heavy atom. The van der Waals surface area contributed by atoms with Crippen molar-refractivity contribution < 1.29 is 4.79 Å². The molecule has 1 unspecified atom stereocenters. The zero-order valence-electron chi connectivity index (χ0n) is 17.9. The molecular formula is C21H32N4O2S2. The van der Waals surface area contributed by atoms with Gasteiger partial charge in [-0.15, -0.1) is 11.3 Å². The first-order chi connectivity index (χ1) is 13.9. The number of rotatable bonds is 9. The van der Waals surface area contributed by atoms with E-state index in [1.165, 1.54) is 28.6 Å². The Labute approximate surface area is 181 Å². The maximum Gasteiger partial charge on any atom is 0.263 e. The highest BCUT2D eigenvalue weighted by atomic mass is 32.2. The minimum absolute atomic E-state index is 0.00323. The maximum absolute atomic E-state index is 13.5. The molecule has 1 N–H and O–H groups in total. The number of fused-ring (bicyclic) bond motifs is 3. The van der Waals surface area contributed by atoms with Gasteiger partial charge >= 0.3 is 0 Å². The second-order valence-corrected chi connectivity index (χ2v) is 10.3. The second kappa shape index (κ2) is 10.1. The largest absolute Gasteiger partial charge is 0.355 e. The number of hydrogen-bond donors (Lipinski definition) is 1. The Morgan fingerprint density at radius 3 is 2.83 bits per heavy atom. The maximum atomic E-state index is 13.5. The summed E-state index contributed by atoms with van der Waals surface area (Å²) < 4.78 is 1.81. The smallest absolute Gasteiger partial charge is 0.263 e. The van der Waals surface area contributed by atoms with Crippen molar-refractivity contribution in [2.75, 3.05) is 27.2 Å². The number of hydrogen-bond acceptors (Lipinski definition) is 6. The molecular weight excluding hydrogens is 404 g/mol. The Hall–Kier alpha value is -1.38. The molecule has 3 rings (SSSR count). The van der Waals surface area contributed by atoms with Crippen molar-refractivity contribution in [1.82, 2.24) is 19.8 Å². The third-order valence-corrected chi connectivity index (χ3v) is 7.50. The average molecular weight is 437 g/mol. The number of nitrogens with one attached hydrogen (secondary N) is 1. The molecule has 2 aromatic rings. The summed E-state index contributed by atoms with van der Waals surface area (Å²) in [5.74, 6) is -0.00323. The van der Waals surface area contributed by atoms with Gasteiger partial charge < -0.3 is 10.2 Å². The van der Waals surface area contributed by atoms with E-state index in [4.69, 9.17) is 4.98 Å².